The smallest absolute Gasteiger partial charge is 0.330 e. The van der Waals surface area contributed by atoms with Gasteiger partial charge in [-0.25, -0.2) is 4.79 Å². The molecular weight excluding hydrogens is 230 g/mol. The van der Waals surface area contributed by atoms with E-state index in [1.54, 1.807) is 14.0 Å². The molecule has 0 aliphatic rings. The van der Waals surface area contributed by atoms with Crippen molar-refractivity contribution in [1.82, 2.24) is 0 Å². The lowest BCUT2D eigenvalue weighted by Gasteiger charge is -2.24. The number of benzene rings is 1. The number of hydrogen-bond donors (Lipinski definition) is 1. The topological polar surface area (TPSA) is 61.5 Å². The molecule has 0 saturated carbocycles. The number of rotatable bonds is 6. The summed E-state index contributed by atoms with van der Waals surface area (Å²) in [4.78, 5) is 11.8. The van der Waals surface area contributed by atoms with Crippen LogP contribution in [0.15, 0.2) is 36.9 Å². The van der Waals surface area contributed by atoms with Crippen LogP contribution in [0.3, 0.4) is 0 Å². The van der Waals surface area contributed by atoms with Crippen molar-refractivity contribution in [3.05, 3.63) is 42.5 Å². The quantitative estimate of drug-likeness (QED) is 0.615. The first-order valence-electron chi connectivity index (χ1n) is 5.79. The van der Waals surface area contributed by atoms with Crippen LogP contribution in [0.2, 0.25) is 0 Å². The summed E-state index contributed by atoms with van der Waals surface area (Å²) in [6, 6.07) is 7.42. The average molecular weight is 249 g/mol. The van der Waals surface area contributed by atoms with Crippen LogP contribution in [0, 0.1) is 0 Å². The summed E-state index contributed by atoms with van der Waals surface area (Å²) >= 11 is 0. The van der Waals surface area contributed by atoms with Gasteiger partial charge in [0.15, 0.2) is 0 Å². The first kappa shape index (κ1) is 14.3. The molecule has 98 valence electrons. The van der Waals surface area contributed by atoms with Crippen LogP contribution < -0.4 is 10.5 Å². The van der Waals surface area contributed by atoms with Crippen molar-refractivity contribution >= 4 is 5.97 Å². The normalized spacial score (nSPS) is 13.5. The monoisotopic (exact) mass is 249 g/mol. The minimum absolute atomic E-state index is 0.289. The molecule has 0 aliphatic carbocycles. The SMILES string of the molecule is C=CC(N)(Cc1ccccc1OC)C(=O)OCC. The lowest BCUT2D eigenvalue weighted by Crippen LogP contribution is -2.49. The molecule has 1 rings (SSSR count). The highest BCUT2D eigenvalue weighted by atomic mass is 16.5. The minimum Gasteiger partial charge on any atom is -0.496 e. The average Bonchev–Trinajstić information content (AvgIpc) is 2.39. The van der Waals surface area contributed by atoms with Crippen molar-refractivity contribution in [3.63, 3.8) is 0 Å². The first-order valence-corrected chi connectivity index (χ1v) is 5.79. The predicted molar refractivity (Wildman–Crippen MR) is 70.4 cm³/mol. The van der Waals surface area contributed by atoms with Crippen molar-refractivity contribution in [1.29, 1.82) is 0 Å². The first-order chi connectivity index (χ1) is 8.57. The summed E-state index contributed by atoms with van der Waals surface area (Å²) in [5, 5.41) is 0. The number of nitrogens with two attached hydrogens (primary N) is 1. The van der Waals surface area contributed by atoms with Crippen LogP contribution in [0.4, 0.5) is 0 Å². The largest absolute Gasteiger partial charge is 0.496 e. The Morgan fingerprint density at radius 2 is 2.17 bits per heavy atom. The molecule has 1 atom stereocenters. The molecule has 0 saturated heterocycles. The minimum atomic E-state index is -1.23. The summed E-state index contributed by atoms with van der Waals surface area (Å²) in [7, 11) is 1.58. The molecule has 1 unspecified atom stereocenters. The zero-order valence-electron chi connectivity index (χ0n) is 10.8. The summed E-state index contributed by atoms with van der Waals surface area (Å²) in [6.45, 7) is 5.65. The number of para-hydroxylation sites is 1. The molecule has 0 spiro atoms. The predicted octanol–water partition coefficient (Wildman–Crippen LogP) is 1.68. The van der Waals surface area contributed by atoms with Crippen LogP contribution in [0.1, 0.15) is 12.5 Å². The van der Waals surface area contributed by atoms with Gasteiger partial charge in [-0.3, -0.25) is 0 Å². The number of carbonyl (C=O) groups excluding carboxylic acids is 1. The molecule has 18 heavy (non-hydrogen) atoms. The second-order valence-electron chi connectivity index (χ2n) is 3.95. The third-order valence-corrected chi connectivity index (χ3v) is 2.70. The summed E-state index contributed by atoms with van der Waals surface area (Å²) in [5.74, 6) is 0.212. The lowest BCUT2D eigenvalue weighted by molar-refractivity contribution is -0.147. The van der Waals surface area contributed by atoms with Crippen molar-refractivity contribution < 1.29 is 14.3 Å². The Bertz CT molecular complexity index is 431. The van der Waals surface area contributed by atoms with E-state index in [2.05, 4.69) is 6.58 Å². The molecule has 0 aliphatic heterocycles. The molecule has 0 aromatic heterocycles. The number of esters is 1. The highest BCUT2D eigenvalue weighted by molar-refractivity contribution is 5.83. The van der Waals surface area contributed by atoms with Crippen molar-refractivity contribution in [3.8, 4) is 5.75 Å². The van der Waals surface area contributed by atoms with Gasteiger partial charge in [0.1, 0.15) is 11.3 Å². The zero-order valence-corrected chi connectivity index (χ0v) is 10.8. The summed E-state index contributed by atoms with van der Waals surface area (Å²) < 4.78 is 10.2. The number of methoxy groups -OCH3 is 1. The molecule has 1 aromatic carbocycles. The molecule has 4 heteroatoms. The summed E-state index contributed by atoms with van der Waals surface area (Å²) in [6.07, 6.45) is 1.71. The zero-order chi connectivity index (χ0) is 13.6. The fourth-order valence-electron chi connectivity index (χ4n) is 1.66. The van der Waals surface area contributed by atoms with Gasteiger partial charge in [-0.1, -0.05) is 24.3 Å². The van der Waals surface area contributed by atoms with E-state index in [1.807, 2.05) is 24.3 Å². The Hall–Kier alpha value is -1.81. The maximum absolute atomic E-state index is 11.8. The molecule has 0 amide bonds. The number of carbonyl (C=O) groups is 1. The van der Waals surface area contributed by atoms with Gasteiger partial charge in [-0.2, -0.15) is 0 Å². The summed E-state index contributed by atoms with van der Waals surface area (Å²) in [5.41, 5.74) is 5.65. The van der Waals surface area contributed by atoms with E-state index in [0.29, 0.717) is 12.2 Å². The Morgan fingerprint density at radius 3 is 2.72 bits per heavy atom. The van der Waals surface area contributed by atoms with E-state index in [-0.39, 0.29) is 6.61 Å². The van der Waals surface area contributed by atoms with Gasteiger partial charge in [0.05, 0.1) is 13.7 Å². The van der Waals surface area contributed by atoms with Crippen molar-refractivity contribution in [2.24, 2.45) is 5.73 Å². The maximum Gasteiger partial charge on any atom is 0.330 e. The van der Waals surface area contributed by atoms with Crippen molar-refractivity contribution in [2.75, 3.05) is 13.7 Å². The maximum atomic E-state index is 11.8. The molecule has 1 aromatic rings. The second-order valence-corrected chi connectivity index (χ2v) is 3.95. The van der Waals surface area contributed by atoms with Gasteiger partial charge < -0.3 is 15.2 Å². The molecule has 0 fully saturated rings. The molecule has 2 N–H and O–H groups in total. The van der Waals surface area contributed by atoms with Crippen LogP contribution in [-0.2, 0) is 16.0 Å². The van der Waals surface area contributed by atoms with E-state index in [4.69, 9.17) is 15.2 Å². The van der Waals surface area contributed by atoms with E-state index in [0.717, 1.165) is 5.56 Å². The molecule has 0 bridgehead atoms. The van der Waals surface area contributed by atoms with Gasteiger partial charge in [0, 0.05) is 6.42 Å². The Morgan fingerprint density at radius 1 is 1.50 bits per heavy atom. The highest BCUT2D eigenvalue weighted by Gasteiger charge is 2.33. The number of ether oxygens (including phenoxy) is 2. The third-order valence-electron chi connectivity index (χ3n) is 2.70. The van der Waals surface area contributed by atoms with E-state index in [9.17, 15) is 4.79 Å². The molecular formula is C14H19NO3. The van der Waals surface area contributed by atoms with Gasteiger partial charge in [-0.05, 0) is 18.6 Å². The molecule has 4 nitrogen and oxygen atoms in total. The van der Waals surface area contributed by atoms with Gasteiger partial charge in [0.2, 0.25) is 0 Å². The van der Waals surface area contributed by atoms with Crippen LogP contribution in [-0.4, -0.2) is 25.2 Å². The van der Waals surface area contributed by atoms with Gasteiger partial charge in [0.25, 0.3) is 0 Å². The standard InChI is InChI=1S/C14H19NO3/c1-4-14(15,13(16)18-5-2)10-11-8-6-7-9-12(11)17-3/h4,6-9H,1,5,10,15H2,2-3H3. The van der Waals surface area contributed by atoms with E-state index < -0.39 is 11.5 Å². The van der Waals surface area contributed by atoms with E-state index >= 15 is 0 Å². The fourth-order valence-corrected chi connectivity index (χ4v) is 1.66. The number of hydrogen-bond acceptors (Lipinski definition) is 4. The molecule has 0 radical (unpaired) electrons. The van der Waals surface area contributed by atoms with E-state index in [1.165, 1.54) is 6.08 Å². The van der Waals surface area contributed by atoms with Gasteiger partial charge >= 0.3 is 5.97 Å². The van der Waals surface area contributed by atoms with Crippen LogP contribution in [0.5, 0.6) is 5.75 Å². The highest BCUT2D eigenvalue weighted by Crippen LogP contribution is 2.23. The second kappa shape index (κ2) is 6.21. The fraction of sp³-hybridized carbons (Fsp3) is 0.357. The van der Waals surface area contributed by atoms with Crippen LogP contribution in [0.25, 0.3) is 0 Å². The van der Waals surface area contributed by atoms with Gasteiger partial charge in [-0.15, -0.1) is 6.58 Å². The molecule has 0 heterocycles. The Kier molecular flexibility index (Phi) is 4.92. The Labute approximate surface area is 107 Å². The third kappa shape index (κ3) is 3.11. The van der Waals surface area contributed by atoms with Crippen molar-refractivity contribution in [2.45, 2.75) is 18.9 Å². The lowest BCUT2D eigenvalue weighted by atomic mass is 9.91. The Balaban J connectivity index is 2.98. The van der Waals surface area contributed by atoms with Crippen LogP contribution >= 0.6 is 0 Å².